The highest BCUT2D eigenvalue weighted by Crippen LogP contribution is 2.39. The van der Waals surface area contributed by atoms with Crippen LogP contribution >= 0.6 is 35.0 Å². The lowest BCUT2D eigenvalue weighted by Gasteiger charge is -2.36. The van der Waals surface area contributed by atoms with Gasteiger partial charge in [0.05, 0.1) is 32.9 Å². The molecular weight excluding hydrogens is 522 g/mol. The quantitative estimate of drug-likeness (QED) is 0.399. The molecule has 0 saturated carbocycles. The largest absolute Gasteiger partial charge is 0.369 e. The van der Waals surface area contributed by atoms with Gasteiger partial charge in [0, 0.05) is 31.0 Å². The lowest BCUT2D eigenvalue weighted by Crippen LogP contribution is -2.42. The summed E-state index contributed by atoms with van der Waals surface area (Å²) in [6, 6.07) is 10.7. The number of anilines is 4. The van der Waals surface area contributed by atoms with E-state index in [2.05, 4.69) is 39.2 Å². The van der Waals surface area contributed by atoms with Gasteiger partial charge in [0.15, 0.2) is 0 Å². The summed E-state index contributed by atoms with van der Waals surface area (Å²) in [5.74, 6) is 0.0218. The number of hydrogen-bond acceptors (Lipinski definition) is 7. The summed E-state index contributed by atoms with van der Waals surface area (Å²) in [6.45, 7) is 1.64. The first-order valence-corrected chi connectivity index (χ1v) is 13.3. The molecule has 0 bridgehead atoms. The van der Waals surface area contributed by atoms with Crippen LogP contribution in [0.2, 0.25) is 10.0 Å². The van der Waals surface area contributed by atoms with Crippen LogP contribution in [-0.4, -0.2) is 59.9 Å². The molecule has 3 heterocycles. The molecule has 0 atom stereocenters. The Hall–Kier alpha value is -2.59. The summed E-state index contributed by atoms with van der Waals surface area (Å²) >= 11 is 14.0. The number of fused-ring (bicyclic) bond motifs is 1. The number of carbonyl (C=O) groups excluding carboxylic acids is 1. The first-order chi connectivity index (χ1) is 17.3. The van der Waals surface area contributed by atoms with E-state index in [9.17, 15) is 9.18 Å². The number of piperidine rings is 1. The maximum Gasteiger partial charge on any atom is 0.263 e. The number of benzene rings is 2. The van der Waals surface area contributed by atoms with Crippen LogP contribution in [0.1, 0.15) is 23.2 Å². The Kier molecular flexibility index (Phi) is 7.25. The van der Waals surface area contributed by atoms with Crippen LogP contribution < -0.4 is 15.1 Å². The van der Waals surface area contributed by atoms with Gasteiger partial charge >= 0.3 is 0 Å². The number of rotatable bonds is 5. The second-order valence-electron chi connectivity index (χ2n) is 8.96. The molecule has 188 valence electrons. The fraction of sp³-hybridized carbons (Fsp3) is 0.320. The summed E-state index contributed by atoms with van der Waals surface area (Å²) in [4.78, 5) is 27.7. The normalized spacial score (nSPS) is 16.4. The number of hydrogen-bond donors (Lipinski definition) is 1. The van der Waals surface area contributed by atoms with Gasteiger partial charge in [-0.1, -0.05) is 41.0 Å². The van der Waals surface area contributed by atoms with E-state index in [0.29, 0.717) is 49.6 Å². The van der Waals surface area contributed by atoms with Gasteiger partial charge in [-0.15, -0.1) is 0 Å². The van der Waals surface area contributed by atoms with Crippen molar-refractivity contribution in [3.8, 4) is 0 Å². The van der Waals surface area contributed by atoms with E-state index < -0.39 is 0 Å². The number of amides is 1. The van der Waals surface area contributed by atoms with Gasteiger partial charge in [0.2, 0.25) is 5.95 Å². The minimum Gasteiger partial charge on any atom is -0.369 e. The second-order valence-corrected chi connectivity index (χ2v) is 10.7. The zero-order valence-electron chi connectivity index (χ0n) is 19.8. The Balaban J connectivity index is 1.29. The van der Waals surface area contributed by atoms with Crippen molar-refractivity contribution in [2.75, 3.05) is 48.2 Å². The third-order valence-corrected chi connectivity index (χ3v) is 8.09. The van der Waals surface area contributed by atoms with E-state index in [1.165, 1.54) is 28.9 Å². The monoisotopic (exact) mass is 546 g/mol. The summed E-state index contributed by atoms with van der Waals surface area (Å²) < 4.78 is 15.0. The number of nitrogens with zero attached hydrogens (tertiary/aromatic N) is 5. The highest BCUT2D eigenvalue weighted by molar-refractivity contribution is 7.99. The number of thioether (sulfide) groups is 1. The topological polar surface area (TPSA) is 64.6 Å². The van der Waals surface area contributed by atoms with Gasteiger partial charge < -0.3 is 15.1 Å². The predicted molar refractivity (Wildman–Crippen MR) is 145 cm³/mol. The molecule has 0 spiro atoms. The molecule has 1 saturated heterocycles. The van der Waals surface area contributed by atoms with Crippen molar-refractivity contribution in [1.29, 1.82) is 0 Å². The molecule has 0 aliphatic carbocycles. The Morgan fingerprint density at radius 2 is 1.86 bits per heavy atom. The zero-order valence-corrected chi connectivity index (χ0v) is 22.2. The molecule has 3 aromatic rings. The van der Waals surface area contributed by atoms with E-state index in [4.69, 9.17) is 23.2 Å². The molecule has 0 radical (unpaired) electrons. The molecular formula is C25H25Cl2FN6OS. The standard InChI is InChI=1S/C25H25Cl2FN6OS/c1-32(2)16-8-10-33(11-9-16)21-7-6-15(12-20(21)28)30-25-29-13-17-23(31-25)36-14-34(24(17)35)22-18(26)4-3-5-19(22)27/h3-7,12-13,16H,8-11,14H2,1-2H3,(H,29,30,31). The number of aromatic nitrogens is 2. The van der Waals surface area contributed by atoms with Crippen LogP contribution in [0.3, 0.4) is 0 Å². The fourth-order valence-corrected chi connectivity index (χ4v) is 6.06. The van der Waals surface area contributed by atoms with E-state index in [1.54, 1.807) is 24.3 Å². The molecule has 1 amide bonds. The maximum atomic E-state index is 15.0. The van der Waals surface area contributed by atoms with Crippen molar-refractivity contribution < 1.29 is 9.18 Å². The van der Waals surface area contributed by atoms with Crippen molar-refractivity contribution in [2.24, 2.45) is 0 Å². The predicted octanol–water partition coefficient (Wildman–Crippen LogP) is 5.91. The van der Waals surface area contributed by atoms with Crippen molar-refractivity contribution in [3.63, 3.8) is 0 Å². The van der Waals surface area contributed by atoms with Crippen molar-refractivity contribution in [2.45, 2.75) is 23.9 Å². The molecule has 1 N–H and O–H groups in total. The summed E-state index contributed by atoms with van der Waals surface area (Å²) in [7, 11) is 4.17. The molecule has 2 aliphatic rings. The molecule has 5 rings (SSSR count). The van der Waals surface area contributed by atoms with Gasteiger partial charge in [-0.3, -0.25) is 9.69 Å². The van der Waals surface area contributed by atoms with Gasteiger partial charge in [0.25, 0.3) is 5.91 Å². The fourth-order valence-electron chi connectivity index (χ4n) is 4.52. The third-order valence-electron chi connectivity index (χ3n) is 6.51. The van der Waals surface area contributed by atoms with E-state index in [-0.39, 0.29) is 17.7 Å². The Morgan fingerprint density at radius 3 is 2.53 bits per heavy atom. The average molecular weight is 547 g/mol. The van der Waals surface area contributed by atoms with Crippen LogP contribution in [-0.2, 0) is 0 Å². The smallest absolute Gasteiger partial charge is 0.263 e. The number of carbonyl (C=O) groups is 1. The first kappa shape index (κ1) is 25.1. The molecule has 0 unspecified atom stereocenters. The molecule has 1 aromatic heterocycles. The number of nitrogens with one attached hydrogen (secondary N) is 1. The maximum absolute atomic E-state index is 15.0. The highest BCUT2D eigenvalue weighted by atomic mass is 35.5. The summed E-state index contributed by atoms with van der Waals surface area (Å²) in [5.41, 5.74) is 1.96. The van der Waals surface area contributed by atoms with Gasteiger partial charge in [-0.25, -0.2) is 14.4 Å². The zero-order chi connectivity index (χ0) is 25.4. The SMILES string of the molecule is CN(C)C1CCN(c2ccc(Nc3ncc4c(n3)SCN(c3c(Cl)cccc3Cl)C4=O)cc2F)CC1. The molecule has 2 aliphatic heterocycles. The van der Waals surface area contributed by atoms with Gasteiger partial charge in [-0.2, -0.15) is 0 Å². The lowest BCUT2D eigenvalue weighted by atomic mass is 10.0. The number of halogens is 3. The van der Waals surface area contributed by atoms with E-state index in [1.807, 2.05) is 6.07 Å². The third kappa shape index (κ3) is 4.98. The summed E-state index contributed by atoms with van der Waals surface area (Å²) in [5, 5.41) is 4.38. The van der Waals surface area contributed by atoms with Crippen molar-refractivity contribution in [3.05, 3.63) is 64.0 Å². The van der Waals surface area contributed by atoms with Crippen LogP contribution in [0.4, 0.5) is 27.4 Å². The van der Waals surface area contributed by atoms with Gasteiger partial charge in [0.1, 0.15) is 10.8 Å². The van der Waals surface area contributed by atoms with Crippen LogP contribution in [0.25, 0.3) is 0 Å². The van der Waals surface area contributed by atoms with Crippen molar-refractivity contribution in [1.82, 2.24) is 14.9 Å². The second kappa shape index (κ2) is 10.4. The molecule has 2 aromatic carbocycles. The highest BCUT2D eigenvalue weighted by Gasteiger charge is 2.30. The Bertz CT molecular complexity index is 1280. The molecule has 11 heteroatoms. The average Bonchev–Trinajstić information content (AvgIpc) is 2.85. The Labute approximate surface area is 223 Å². The van der Waals surface area contributed by atoms with Crippen LogP contribution in [0.5, 0.6) is 0 Å². The van der Waals surface area contributed by atoms with Crippen LogP contribution in [0, 0.1) is 5.82 Å². The summed E-state index contributed by atoms with van der Waals surface area (Å²) in [6.07, 6.45) is 3.48. The minimum atomic E-state index is -0.293. The van der Waals surface area contributed by atoms with E-state index in [0.717, 1.165) is 25.9 Å². The minimum absolute atomic E-state index is 0.279. The first-order valence-electron chi connectivity index (χ1n) is 11.6. The lowest BCUT2D eigenvalue weighted by molar-refractivity contribution is 0.0985. The molecule has 1 fully saturated rings. The molecule has 36 heavy (non-hydrogen) atoms. The molecule has 7 nitrogen and oxygen atoms in total. The van der Waals surface area contributed by atoms with Crippen LogP contribution in [0.15, 0.2) is 47.6 Å². The van der Waals surface area contributed by atoms with Gasteiger partial charge in [-0.05, 0) is 57.3 Å². The Morgan fingerprint density at radius 1 is 1.14 bits per heavy atom. The van der Waals surface area contributed by atoms with E-state index >= 15 is 0 Å². The van der Waals surface area contributed by atoms with Crippen molar-refractivity contribution >= 4 is 63.9 Å². The number of para-hydroxylation sites is 1.